The molecule has 6 heteroatoms. The van der Waals surface area contributed by atoms with Crippen LogP contribution in [0.5, 0.6) is 0 Å². The predicted molar refractivity (Wildman–Crippen MR) is 123 cm³/mol. The third-order valence-corrected chi connectivity index (χ3v) is 5.08. The lowest BCUT2D eigenvalue weighted by molar-refractivity contribution is -0.113. The second-order valence-electron chi connectivity index (χ2n) is 6.63. The third-order valence-electron chi connectivity index (χ3n) is 4.55. The van der Waals surface area contributed by atoms with Gasteiger partial charge in [0.25, 0.3) is 11.8 Å². The van der Waals surface area contributed by atoms with E-state index in [1.807, 2.05) is 48.7 Å². The van der Waals surface area contributed by atoms with E-state index in [9.17, 15) is 9.59 Å². The van der Waals surface area contributed by atoms with Gasteiger partial charge >= 0.3 is 0 Å². The number of aromatic nitrogens is 1. The molecule has 0 spiro atoms. The number of aromatic amines is 1. The van der Waals surface area contributed by atoms with Crippen molar-refractivity contribution in [3.05, 3.63) is 106 Å². The zero-order chi connectivity index (χ0) is 20.9. The van der Waals surface area contributed by atoms with Crippen molar-refractivity contribution in [1.29, 1.82) is 0 Å². The van der Waals surface area contributed by atoms with Crippen LogP contribution in [-0.4, -0.2) is 16.8 Å². The van der Waals surface area contributed by atoms with Crippen molar-refractivity contribution >= 4 is 50.4 Å². The molecule has 30 heavy (non-hydrogen) atoms. The van der Waals surface area contributed by atoms with Gasteiger partial charge in [0.05, 0.1) is 0 Å². The predicted octanol–water partition coefficient (Wildman–Crippen LogP) is 5.34. The molecule has 0 radical (unpaired) electrons. The molecule has 3 aromatic carbocycles. The van der Waals surface area contributed by atoms with Gasteiger partial charge in [0.15, 0.2) is 0 Å². The van der Waals surface area contributed by atoms with E-state index in [0.717, 1.165) is 20.9 Å². The number of amides is 2. The van der Waals surface area contributed by atoms with Crippen LogP contribution in [0.4, 0.5) is 5.69 Å². The maximum Gasteiger partial charge on any atom is 0.272 e. The van der Waals surface area contributed by atoms with Crippen molar-refractivity contribution in [2.75, 3.05) is 5.32 Å². The van der Waals surface area contributed by atoms with E-state index in [1.165, 1.54) is 0 Å². The Morgan fingerprint density at radius 3 is 2.33 bits per heavy atom. The molecular weight excluding hydrogens is 442 g/mol. The Kier molecular flexibility index (Phi) is 5.77. The highest BCUT2D eigenvalue weighted by molar-refractivity contribution is 9.10. The second-order valence-corrected chi connectivity index (χ2v) is 7.54. The van der Waals surface area contributed by atoms with Crippen LogP contribution in [0.2, 0.25) is 0 Å². The number of carbonyl (C=O) groups is 2. The van der Waals surface area contributed by atoms with E-state index in [4.69, 9.17) is 0 Å². The van der Waals surface area contributed by atoms with Crippen molar-refractivity contribution in [3.8, 4) is 0 Å². The van der Waals surface area contributed by atoms with Gasteiger partial charge in [0.2, 0.25) is 0 Å². The Labute approximate surface area is 181 Å². The average Bonchev–Trinajstić information content (AvgIpc) is 3.18. The summed E-state index contributed by atoms with van der Waals surface area (Å²) in [4.78, 5) is 28.9. The summed E-state index contributed by atoms with van der Waals surface area (Å²) in [5, 5.41) is 6.55. The van der Waals surface area contributed by atoms with Crippen molar-refractivity contribution < 1.29 is 9.59 Å². The number of halogens is 1. The van der Waals surface area contributed by atoms with Crippen LogP contribution in [0.25, 0.3) is 17.0 Å². The molecule has 0 unspecified atom stereocenters. The molecule has 3 N–H and O–H groups in total. The van der Waals surface area contributed by atoms with Gasteiger partial charge in [-0.05, 0) is 48.5 Å². The molecule has 0 fully saturated rings. The zero-order valence-corrected chi connectivity index (χ0v) is 17.4. The normalized spacial score (nSPS) is 11.3. The fourth-order valence-electron chi connectivity index (χ4n) is 3.04. The summed E-state index contributed by atoms with van der Waals surface area (Å²) in [5.41, 5.74) is 3.00. The number of anilines is 1. The number of H-pyrrole nitrogens is 1. The SMILES string of the molecule is O=C(Nc1ccc(Br)cc1)C(=Cc1c[nH]c2ccccc12)NC(=O)c1ccccc1. The van der Waals surface area contributed by atoms with E-state index in [-0.39, 0.29) is 11.6 Å². The molecule has 4 aromatic rings. The van der Waals surface area contributed by atoms with Crippen LogP contribution in [0.1, 0.15) is 15.9 Å². The Bertz CT molecular complexity index is 1230. The number of benzene rings is 3. The van der Waals surface area contributed by atoms with Gasteiger partial charge in [0.1, 0.15) is 5.70 Å². The van der Waals surface area contributed by atoms with Crippen molar-refractivity contribution in [3.63, 3.8) is 0 Å². The van der Waals surface area contributed by atoms with E-state index >= 15 is 0 Å². The number of hydrogen-bond acceptors (Lipinski definition) is 2. The maximum absolute atomic E-state index is 13.0. The summed E-state index contributed by atoms with van der Waals surface area (Å²) < 4.78 is 0.910. The summed E-state index contributed by atoms with van der Waals surface area (Å²) in [5.74, 6) is -0.764. The Morgan fingerprint density at radius 1 is 0.867 bits per heavy atom. The zero-order valence-electron chi connectivity index (χ0n) is 15.9. The van der Waals surface area contributed by atoms with E-state index in [0.29, 0.717) is 11.3 Å². The standard InChI is InChI=1S/C24H18BrN3O2/c25-18-10-12-19(13-11-18)27-24(30)22(28-23(29)16-6-2-1-3-7-16)14-17-15-26-21-9-5-4-8-20(17)21/h1-15,26H,(H,27,30)(H,28,29). The number of hydrogen-bond donors (Lipinski definition) is 3. The molecule has 0 aliphatic heterocycles. The molecule has 0 aliphatic rings. The van der Waals surface area contributed by atoms with Gasteiger partial charge in [-0.2, -0.15) is 0 Å². The van der Waals surface area contributed by atoms with Crippen LogP contribution >= 0.6 is 15.9 Å². The lowest BCUT2D eigenvalue weighted by Crippen LogP contribution is -2.30. The first-order valence-corrected chi connectivity index (χ1v) is 10.1. The Balaban J connectivity index is 1.67. The molecule has 4 rings (SSSR count). The fourth-order valence-corrected chi connectivity index (χ4v) is 3.31. The maximum atomic E-state index is 13.0. The minimum Gasteiger partial charge on any atom is -0.361 e. The number of carbonyl (C=O) groups excluding carboxylic acids is 2. The Hall–Kier alpha value is -3.64. The molecule has 148 valence electrons. The van der Waals surface area contributed by atoms with Gasteiger partial charge in [-0.1, -0.05) is 52.3 Å². The van der Waals surface area contributed by atoms with Crippen LogP contribution < -0.4 is 10.6 Å². The van der Waals surface area contributed by atoms with E-state index in [1.54, 1.807) is 42.5 Å². The van der Waals surface area contributed by atoms with Crippen molar-refractivity contribution in [2.24, 2.45) is 0 Å². The highest BCUT2D eigenvalue weighted by Gasteiger charge is 2.16. The molecule has 0 saturated heterocycles. The van der Waals surface area contributed by atoms with Gasteiger partial charge in [-0.25, -0.2) is 0 Å². The monoisotopic (exact) mass is 459 g/mol. The number of para-hydroxylation sites is 1. The summed E-state index contributed by atoms with van der Waals surface area (Å²) >= 11 is 3.38. The summed E-state index contributed by atoms with van der Waals surface area (Å²) in [6, 6.07) is 23.8. The van der Waals surface area contributed by atoms with E-state index < -0.39 is 5.91 Å². The smallest absolute Gasteiger partial charge is 0.272 e. The molecule has 5 nitrogen and oxygen atoms in total. The molecule has 1 aromatic heterocycles. The highest BCUT2D eigenvalue weighted by atomic mass is 79.9. The number of rotatable bonds is 5. The van der Waals surface area contributed by atoms with Crippen LogP contribution in [0.3, 0.4) is 0 Å². The first kappa shape index (κ1) is 19.7. The van der Waals surface area contributed by atoms with E-state index in [2.05, 4.69) is 31.5 Å². The number of fused-ring (bicyclic) bond motifs is 1. The summed E-state index contributed by atoms with van der Waals surface area (Å²) in [7, 11) is 0. The number of nitrogens with one attached hydrogen (secondary N) is 3. The fraction of sp³-hybridized carbons (Fsp3) is 0. The quantitative estimate of drug-likeness (QED) is 0.352. The molecule has 1 heterocycles. The molecular formula is C24H18BrN3O2. The largest absolute Gasteiger partial charge is 0.361 e. The molecule has 2 amide bonds. The first-order chi connectivity index (χ1) is 14.6. The topological polar surface area (TPSA) is 74.0 Å². The summed E-state index contributed by atoms with van der Waals surface area (Å²) in [6.45, 7) is 0. The minimum atomic E-state index is -0.410. The van der Waals surface area contributed by atoms with Gasteiger partial charge in [0, 0.05) is 38.4 Å². The van der Waals surface area contributed by atoms with Crippen LogP contribution in [0, 0.1) is 0 Å². The lowest BCUT2D eigenvalue weighted by Gasteiger charge is -2.11. The lowest BCUT2D eigenvalue weighted by atomic mass is 10.1. The van der Waals surface area contributed by atoms with Gasteiger partial charge in [-0.15, -0.1) is 0 Å². The Morgan fingerprint density at radius 2 is 1.57 bits per heavy atom. The van der Waals surface area contributed by atoms with Crippen molar-refractivity contribution in [2.45, 2.75) is 0 Å². The van der Waals surface area contributed by atoms with Gasteiger partial charge < -0.3 is 15.6 Å². The second kappa shape index (κ2) is 8.80. The van der Waals surface area contributed by atoms with Crippen molar-refractivity contribution in [1.82, 2.24) is 10.3 Å². The average molecular weight is 460 g/mol. The summed E-state index contributed by atoms with van der Waals surface area (Å²) in [6.07, 6.45) is 3.49. The highest BCUT2D eigenvalue weighted by Crippen LogP contribution is 2.21. The molecule has 0 aliphatic carbocycles. The van der Waals surface area contributed by atoms with Gasteiger partial charge in [-0.3, -0.25) is 9.59 Å². The first-order valence-electron chi connectivity index (χ1n) is 9.31. The minimum absolute atomic E-state index is 0.150. The van der Waals surface area contributed by atoms with Crippen LogP contribution in [-0.2, 0) is 4.79 Å². The third kappa shape index (κ3) is 4.50. The molecule has 0 bridgehead atoms. The molecule has 0 atom stereocenters. The van der Waals surface area contributed by atoms with Crippen LogP contribution in [0.15, 0.2) is 95.2 Å². The molecule has 0 saturated carbocycles.